The third-order valence-electron chi connectivity index (χ3n) is 3.93. The minimum Gasteiger partial charge on any atom is -0.384 e. The van der Waals surface area contributed by atoms with E-state index in [2.05, 4.69) is 31.8 Å². The highest BCUT2D eigenvalue weighted by atomic mass is 16.5. The van der Waals surface area contributed by atoms with Gasteiger partial charge in [-0.3, -0.25) is 0 Å². The first-order chi connectivity index (χ1) is 9.69. The van der Waals surface area contributed by atoms with Crippen LogP contribution in [0.3, 0.4) is 0 Å². The molecule has 1 aliphatic rings. The van der Waals surface area contributed by atoms with Gasteiger partial charge in [-0.05, 0) is 42.7 Å². The van der Waals surface area contributed by atoms with Gasteiger partial charge in [-0.1, -0.05) is 43.9 Å². The Bertz CT molecular complexity index is 474. The van der Waals surface area contributed by atoms with E-state index in [1.165, 1.54) is 6.42 Å². The fraction of sp³-hybridized carbons (Fsp3) is 0.556. The molecular formula is C18H24O2. The maximum absolute atomic E-state index is 8.81. The Morgan fingerprint density at radius 1 is 1.15 bits per heavy atom. The molecule has 0 radical (unpaired) electrons. The van der Waals surface area contributed by atoms with E-state index in [1.807, 2.05) is 18.2 Å². The molecule has 108 valence electrons. The molecule has 0 aromatic heterocycles. The fourth-order valence-corrected chi connectivity index (χ4v) is 3.12. The number of hydrogen-bond donors (Lipinski definition) is 1. The van der Waals surface area contributed by atoms with Crippen LogP contribution in [-0.2, 0) is 11.3 Å². The lowest BCUT2D eigenvalue weighted by atomic mass is 9.82. The second-order valence-electron chi connectivity index (χ2n) is 5.97. The van der Waals surface area contributed by atoms with Crippen molar-refractivity contribution in [2.24, 2.45) is 11.8 Å². The third-order valence-corrected chi connectivity index (χ3v) is 3.93. The molecule has 1 fully saturated rings. The topological polar surface area (TPSA) is 29.5 Å². The first-order valence-corrected chi connectivity index (χ1v) is 7.48. The lowest BCUT2D eigenvalue weighted by molar-refractivity contribution is -0.00922. The van der Waals surface area contributed by atoms with Gasteiger partial charge in [-0.15, -0.1) is 0 Å². The number of aliphatic hydroxyl groups is 1. The van der Waals surface area contributed by atoms with Crippen molar-refractivity contribution in [2.45, 2.75) is 45.8 Å². The maximum Gasteiger partial charge on any atom is 0.104 e. The van der Waals surface area contributed by atoms with Crippen molar-refractivity contribution in [1.82, 2.24) is 0 Å². The molecule has 0 bridgehead atoms. The van der Waals surface area contributed by atoms with Crippen LogP contribution in [0.25, 0.3) is 0 Å². The number of aliphatic hydroxyl groups excluding tert-OH is 1. The highest BCUT2D eigenvalue weighted by molar-refractivity contribution is 5.40. The summed E-state index contributed by atoms with van der Waals surface area (Å²) in [6.07, 6.45) is 4.01. The van der Waals surface area contributed by atoms with Crippen LogP contribution in [0.1, 0.15) is 44.2 Å². The second-order valence-corrected chi connectivity index (χ2v) is 5.97. The highest BCUT2D eigenvalue weighted by Gasteiger charge is 2.24. The van der Waals surface area contributed by atoms with Gasteiger partial charge in [0.25, 0.3) is 0 Å². The Kier molecular flexibility index (Phi) is 5.64. The summed E-state index contributed by atoms with van der Waals surface area (Å²) in [5.41, 5.74) is 2.07. The quantitative estimate of drug-likeness (QED) is 0.855. The van der Waals surface area contributed by atoms with Gasteiger partial charge in [0.1, 0.15) is 6.61 Å². The molecule has 1 N–H and O–H groups in total. The highest BCUT2D eigenvalue weighted by Crippen LogP contribution is 2.30. The van der Waals surface area contributed by atoms with Crippen molar-refractivity contribution >= 4 is 0 Å². The monoisotopic (exact) mass is 272 g/mol. The van der Waals surface area contributed by atoms with Crippen molar-refractivity contribution in [3.63, 3.8) is 0 Å². The van der Waals surface area contributed by atoms with E-state index in [0.29, 0.717) is 12.7 Å². The zero-order valence-corrected chi connectivity index (χ0v) is 12.4. The molecule has 1 aromatic rings. The molecule has 2 rings (SSSR count). The zero-order valence-electron chi connectivity index (χ0n) is 12.4. The predicted molar refractivity (Wildman–Crippen MR) is 81.2 cm³/mol. The lowest BCUT2D eigenvalue weighted by Gasteiger charge is -2.31. The number of hydrogen-bond acceptors (Lipinski definition) is 2. The van der Waals surface area contributed by atoms with Gasteiger partial charge in [0.2, 0.25) is 0 Å². The molecule has 0 aliphatic heterocycles. The largest absolute Gasteiger partial charge is 0.384 e. The summed E-state index contributed by atoms with van der Waals surface area (Å²) in [6.45, 7) is 5.13. The Morgan fingerprint density at radius 2 is 1.85 bits per heavy atom. The number of ether oxygens (including phenoxy) is 1. The predicted octanol–water partition coefficient (Wildman–Crippen LogP) is 3.37. The van der Waals surface area contributed by atoms with E-state index >= 15 is 0 Å². The van der Waals surface area contributed by atoms with Gasteiger partial charge in [-0.2, -0.15) is 0 Å². The average Bonchev–Trinajstić information content (AvgIpc) is 2.43. The van der Waals surface area contributed by atoms with E-state index in [0.717, 1.165) is 35.8 Å². The summed E-state index contributed by atoms with van der Waals surface area (Å²) in [5.74, 6) is 7.21. The van der Waals surface area contributed by atoms with Crippen LogP contribution in [0.5, 0.6) is 0 Å². The molecule has 20 heavy (non-hydrogen) atoms. The first-order valence-electron chi connectivity index (χ1n) is 7.48. The zero-order chi connectivity index (χ0) is 14.4. The molecule has 2 heteroatoms. The first kappa shape index (κ1) is 15.1. The van der Waals surface area contributed by atoms with E-state index in [4.69, 9.17) is 9.84 Å². The molecule has 0 saturated heterocycles. The van der Waals surface area contributed by atoms with E-state index in [-0.39, 0.29) is 6.61 Å². The molecule has 0 amide bonds. The third kappa shape index (κ3) is 4.37. The summed E-state index contributed by atoms with van der Waals surface area (Å²) in [4.78, 5) is 0. The standard InChI is InChI=1S/C18H24O2/c1-14-10-15(2)12-18(11-14)20-13-17-7-4-3-6-16(17)8-5-9-19/h3-4,6-7,14-15,18-19H,9-13H2,1-2H3. The molecule has 1 aromatic carbocycles. The van der Waals surface area contributed by atoms with E-state index in [9.17, 15) is 0 Å². The average molecular weight is 272 g/mol. The Morgan fingerprint density at radius 3 is 2.55 bits per heavy atom. The molecule has 1 aliphatic carbocycles. The van der Waals surface area contributed by atoms with Gasteiger partial charge in [0, 0.05) is 5.56 Å². The lowest BCUT2D eigenvalue weighted by Crippen LogP contribution is -2.26. The van der Waals surface area contributed by atoms with Crippen LogP contribution in [0.2, 0.25) is 0 Å². The van der Waals surface area contributed by atoms with Crippen molar-refractivity contribution in [1.29, 1.82) is 0 Å². The van der Waals surface area contributed by atoms with Crippen molar-refractivity contribution in [3.8, 4) is 11.8 Å². The van der Waals surface area contributed by atoms with E-state index < -0.39 is 0 Å². The van der Waals surface area contributed by atoms with Gasteiger partial charge in [0.05, 0.1) is 12.7 Å². The fourth-order valence-electron chi connectivity index (χ4n) is 3.12. The van der Waals surface area contributed by atoms with Crippen LogP contribution in [0.4, 0.5) is 0 Å². The molecule has 2 unspecified atom stereocenters. The minimum atomic E-state index is -0.104. The molecule has 0 heterocycles. The maximum atomic E-state index is 8.81. The van der Waals surface area contributed by atoms with Crippen molar-refractivity contribution < 1.29 is 9.84 Å². The Labute approximate surface area is 122 Å². The second kappa shape index (κ2) is 7.47. The van der Waals surface area contributed by atoms with Gasteiger partial charge >= 0.3 is 0 Å². The molecule has 2 atom stereocenters. The van der Waals surface area contributed by atoms with Crippen LogP contribution in [0.15, 0.2) is 24.3 Å². The van der Waals surface area contributed by atoms with Crippen LogP contribution < -0.4 is 0 Å². The SMILES string of the molecule is CC1CC(C)CC(OCc2ccccc2C#CCO)C1. The van der Waals surface area contributed by atoms with Crippen LogP contribution in [0, 0.1) is 23.7 Å². The minimum absolute atomic E-state index is 0.104. The summed E-state index contributed by atoms with van der Waals surface area (Å²) >= 11 is 0. The van der Waals surface area contributed by atoms with Crippen molar-refractivity contribution in [3.05, 3.63) is 35.4 Å². The summed E-state index contributed by atoms with van der Waals surface area (Å²) in [6, 6.07) is 8.01. The smallest absolute Gasteiger partial charge is 0.104 e. The van der Waals surface area contributed by atoms with Crippen LogP contribution in [-0.4, -0.2) is 17.8 Å². The number of rotatable bonds is 3. The normalized spacial score (nSPS) is 25.9. The Hall–Kier alpha value is -1.30. The Balaban J connectivity index is 1.97. The summed E-state index contributed by atoms with van der Waals surface area (Å²) in [5, 5.41) is 8.81. The van der Waals surface area contributed by atoms with Crippen LogP contribution >= 0.6 is 0 Å². The molecular weight excluding hydrogens is 248 g/mol. The number of benzene rings is 1. The summed E-state index contributed by atoms with van der Waals surface area (Å²) in [7, 11) is 0. The van der Waals surface area contributed by atoms with Gasteiger partial charge < -0.3 is 9.84 Å². The molecule has 1 saturated carbocycles. The van der Waals surface area contributed by atoms with Crippen molar-refractivity contribution in [2.75, 3.05) is 6.61 Å². The molecule has 2 nitrogen and oxygen atoms in total. The van der Waals surface area contributed by atoms with Gasteiger partial charge in [0.15, 0.2) is 0 Å². The van der Waals surface area contributed by atoms with E-state index in [1.54, 1.807) is 0 Å². The summed E-state index contributed by atoms with van der Waals surface area (Å²) < 4.78 is 6.10. The molecule has 0 spiro atoms. The van der Waals surface area contributed by atoms with Gasteiger partial charge in [-0.25, -0.2) is 0 Å².